The molecular weight excluding hydrogens is 292 g/mol. The van der Waals surface area contributed by atoms with E-state index in [1.165, 1.54) is 10.5 Å². The smallest absolute Gasteiger partial charge is 0.311 e. The van der Waals surface area contributed by atoms with E-state index in [1.54, 1.807) is 0 Å². The van der Waals surface area contributed by atoms with E-state index in [9.17, 15) is 9.59 Å². The Labute approximate surface area is 137 Å². The van der Waals surface area contributed by atoms with E-state index in [4.69, 9.17) is 10.5 Å². The highest BCUT2D eigenvalue weighted by Crippen LogP contribution is 2.31. The maximum Gasteiger partial charge on any atom is 0.311 e. The van der Waals surface area contributed by atoms with Crippen molar-refractivity contribution in [1.82, 2.24) is 4.90 Å². The summed E-state index contributed by atoms with van der Waals surface area (Å²) in [6, 6.07) is 8.12. The summed E-state index contributed by atoms with van der Waals surface area (Å²) in [5, 5.41) is 0. The summed E-state index contributed by atoms with van der Waals surface area (Å²) < 4.78 is 6.05. The maximum absolute atomic E-state index is 11.6. The number of ether oxygens (including phenoxy) is 1. The van der Waals surface area contributed by atoms with Crippen molar-refractivity contribution in [3.05, 3.63) is 29.8 Å². The molecule has 0 bridgehead atoms. The minimum Gasteiger partial charge on any atom is -0.493 e. The first-order valence-corrected chi connectivity index (χ1v) is 8.10. The molecule has 0 spiro atoms. The molecule has 0 radical (unpaired) electrons. The average molecular weight is 318 g/mol. The van der Waals surface area contributed by atoms with E-state index >= 15 is 0 Å². The number of nitrogens with two attached hydrogens (primary N) is 1. The van der Waals surface area contributed by atoms with Gasteiger partial charge in [-0.25, -0.2) is 0 Å². The van der Waals surface area contributed by atoms with Crippen LogP contribution in [0.2, 0.25) is 0 Å². The third-order valence-electron chi connectivity index (χ3n) is 4.28. The number of hydrogen-bond donors (Lipinski definition) is 1. The van der Waals surface area contributed by atoms with E-state index in [0.717, 1.165) is 18.6 Å². The zero-order valence-electron chi connectivity index (χ0n) is 14.2. The van der Waals surface area contributed by atoms with Crippen molar-refractivity contribution in [1.29, 1.82) is 0 Å². The van der Waals surface area contributed by atoms with Crippen molar-refractivity contribution >= 4 is 11.8 Å². The van der Waals surface area contributed by atoms with Crippen LogP contribution in [-0.4, -0.2) is 36.4 Å². The summed E-state index contributed by atoms with van der Waals surface area (Å²) in [6.07, 6.45) is 1.66. The highest BCUT2D eigenvalue weighted by atomic mass is 16.5. The molecule has 126 valence electrons. The molecule has 2 N–H and O–H groups in total. The summed E-state index contributed by atoms with van der Waals surface area (Å²) in [7, 11) is 0. The van der Waals surface area contributed by atoms with Crippen LogP contribution in [0.1, 0.15) is 39.2 Å². The molecule has 0 aliphatic carbocycles. The molecule has 1 saturated heterocycles. The Hall–Kier alpha value is -2.04. The van der Waals surface area contributed by atoms with Crippen LogP contribution >= 0.6 is 0 Å². The van der Waals surface area contributed by atoms with Crippen molar-refractivity contribution in [3.63, 3.8) is 0 Å². The fourth-order valence-corrected chi connectivity index (χ4v) is 2.88. The molecule has 2 amide bonds. The number of carbonyl (C=O) groups is 2. The topological polar surface area (TPSA) is 72.6 Å². The predicted molar refractivity (Wildman–Crippen MR) is 89.1 cm³/mol. The number of likely N-dealkylation sites (tertiary alicyclic amines) is 1. The lowest BCUT2D eigenvalue weighted by Gasteiger charge is -2.31. The summed E-state index contributed by atoms with van der Waals surface area (Å²) in [5.41, 5.74) is 6.27. The normalized spacial score (nSPS) is 16.2. The van der Waals surface area contributed by atoms with Crippen LogP contribution in [0, 0.1) is 5.92 Å². The molecule has 0 aromatic heterocycles. The third kappa shape index (κ3) is 4.47. The van der Waals surface area contributed by atoms with E-state index in [2.05, 4.69) is 26.8 Å². The van der Waals surface area contributed by atoms with Gasteiger partial charge in [0.25, 0.3) is 0 Å². The van der Waals surface area contributed by atoms with Crippen molar-refractivity contribution in [3.8, 4) is 5.75 Å². The lowest BCUT2D eigenvalue weighted by atomic mass is 9.86. The highest BCUT2D eigenvalue weighted by Gasteiger charge is 2.26. The van der Waals surface area contributed by atoms with Crippen LogP contribution in [0.3, 0.4) is 0 Å². The van der Waals surface area contributed by atoms with Gasteiger partial charge in [-0.2, -0.15) is 0 Å². The quantitative estimate of drug-likeness (QED) is 0.867. The number of hydrogen-bond acceptors (Lipinski definition) is 3. The molecule has 0 saturated carbocycles. The van der Waals surface area contributed by atoms with Crippen molar-refractivity contribution < 1.29 is 14.3 Å². The fourth-order valence-electron chi connectivity index (χ4n) is 2.88. The first kappa shape index (κ1) is 17.3. The first-order chi connectivity index (χ1) is 10.8. The Morgan fingerprint density at radius 2 is 1.83 bits per heavy atom. The Morgan fingerprint density at radius 3 is 2.39 bits per heavy atom. The molecule has 5 nitrogen and oxygen atoms in total. The van der Waals surface area contributed by atoms with Crippen LogP contribution in [-0.2, 0) is 15.0 Å². The van der Waals surface area contributed by atoms with E-state index in [0.29, 0.717) is 25.6 Å². The van der Waals surface area contributed by atoms with Gasteiger partial charge >= 0.3 is 11.8 Å². The highest BCUT2D eigenvalue weighted by molar-refractivity contribution is 6.34. The first-order valence-electron chi connectivity index (χ1n) is 8.10. The third-order valence-corrected chi connectivity index (χ3v) is 4.28. The van der Waals surface area contributed by atoms with E-state index < -0.39 is 11.8 Å². The second-order valence-electron chi connectivity index (χ2n) is 7.16. The monoisotopic (exact) mass is 318 g/mol. The number of nitrogens with zero attached hydrogens (tertiary/aromatic N) is 1. The molecule has 1 fully saturated rings. The van der Waals surface area contributed by atoms with Gasteiger partial charge in [0, 0.05) is 13.1 Å². The number of amides is 2. The Morgan fingerprint density at radius 1 is 1.22 bits per heavy atom. The minimum absolute atomic E-state index is 0.0356. The standard InChI is InChI=1S/C18H26N2O3/c1-18(2,3)14-6-4-5-7-15(14)23-12-13-8-10-20(11-9-13)17(22)16(19)21/h4-7,13H,8-12H2,1-3H3,(H2,19,21). The number of piperidine rings is 1. The van der Waals surface area contributed by atoms with Gasteiger partial charge in [-0.15, -0.1) is 0 Å². The molecule has 0 unspecified atom stereocenters. The summed E-state index contributed by atoms with van der Waals surface area (Å²) in [4.78, 5) is 24.0. The summed E-state index contributed by atoms with van der Waals surface area (Å²) in [5.74, 6) is -0.142. The molecule has 23 heavy (non-hydrogen) atoms. The van der Waals surface area contributed by atoms with Gasteiger partial charge in [0.15, 0.2) is 0 Å². The number of para-hydroxylation sites is 1. The number of primary amides is 1. The second kappa shape index (κ2) is 7.02. The lowest BCUT2D eigenvalue weighted by Crippen LogP contribution is -2.45. The van der Waals surface area contributed by atoms with Crippen LogP contribution < -0.4 is 10.5 Å². The average Bonchev–Trinajstić information content (AvgIpc) is 2.52. The van der Waals surface area contributed by atoms with Crippen molar-refractivity contribution in [2.75, 3.05) is 19.7 Å². The van der Waals surface area contributed by atoms with Crippen LogP contribution in [0.15, 0.2) is 24.3 Å². The second-order valence-corrected chi connectivity index (χ2v) is 7.16. The van der Waals surface area contributed by atoms with Gasteiger partial charge in [0.1, 0.15) is 5.75 Å². The van der Waals surface area contributed by atoms with E-state index in [-0.39, 0.29) is 5.41 Å². The van der Waals surface area contributed by atoms with Gasteiger partial charge in [0.05, 0.1) is 6.61 Å². The number of rotatable bonds is 3. The minimum atomic E-state index is -0.876. The van der Waals surface area contributed by atoms with Crippen LogP contribution in [0.25, 0.3) is 0 Å². The van der Waals surface area contributed by atoms with E-state index in [1.807, 2.05) is 18.2 Å². The Kier molecular flexibility index (Phi) is 5.29. The Balaban J connectivity index is 1.89. The molecule has 1 aliphatic heterocycles. The molecule has 1 aliphatic rings. The van der Waals surface area contributed by atoms with Crippen LogP contribution in [0.5, 0.6) is 5.75 Å². The lowest BCUT2D eigenvalue weighted by molar-refractivity contribution is -0.145. The summed E-state index contributed by atoms with van der Waals surface area (Å²) in [6.45, 7) is 8.27. The SMILES string of the molecule is CC(C)(C)c1ccccc1OCC1CCN(C(=O)C(N)=O)CC1. The predicted octanol–water partition coefficient (Wildman–Crippen LogP) is 2.09. The molecule has 1 heterocycles. The molecule has 1 aromatic carbocycles. The van der Waals surface area contributed by atoms with Gasteiger partial charge in [0.2, 0.25) is 0 Å². The zero-order chi connectivity index (χ0) is 17.0. The largest absolute Gasteiger partial charge is 0.493 e. The molecule has 0 atom stereocenters. The van der Waals surface area contributed by atoms with Crippen molar-refractivity contribution in [2.24, 2.45) is 11.7 Å². The molecule has 1 aromatic rings. The Bertz CT molecular complexity index is 570. The number of benzene rings is 1. The maximum atomic E-state index is 11.6. The van der Waals surface area contributed by atoms with Gasteiger partial charge in [-0.3, -0.25) is 9.59 Å². The molecule has 5 heteroatoms. The van der Waals surface area contributed by atoms with Gasteiger partial charge < -0.3 is 15.4 Å². The van der Waals surface area contributed by atoms with Gasteiger partial charge in [-0.05, 0) is 35.8 Å². The molecular formula is C18H26N2O3. The summed E-state index contributed by atoms with van der Waals surface area (Å²) >= 11 is 0. The fraction of sp³-hybridized carbons (Fsp3) is 0.556. The van der Waals surface area contributed by atoms with Gasteiger partial charge in [-0.1, -0.05) is 39.0 Å². The van der Waals surface area contributed by atoms with Crippen molar-refractivity contribution in [2.45, 2.75) is 39.0 Å². The number of carbonyl (C=O) groups excluding carboxylic acids is 2. The van der Waals surface area contributed by atoms with Crippen LogP contribution in [0.4, 0.5) is 0 Å². The zero-order valence-corrected chi connectivity index (χ0v) is 14.2. The molecule has 2 rings (SSSR count).